The minimum absolute atomic E-state index is 0.258. The molecule has 0 heterocycles. The van der Waals surface area contributed by atoms with Gasteiger partial charge in [-0.1, -0.05) is 24.6 Å². The van der Waals surface area contributed by atoms with Gasteiger partial charge in [-0.05, 0) is 18.9 Å². The number of hydrogen-bond acceptors (Lipinski definition) is 1. The van der Waals surface area contributed by atoms with E-state index in [1.165, 1.54) is 5.57 Å². The lowest BCUT2D eigenvalue weighted by Gasteiger charge is -2.04. The fourth-order valence-corrected chi connectivity index (χ4v) is 1.07. The van der Waals surface area contributed by atoms with Crippen molar-refractivity contribution in [3.05, 3.63) is 23.8 Å². The molecule has 0 spiro atoms. The highest BCUT2D eigenvalue weighted by Gasteiger charge is 2.04. The summed E-state index contributed by atoms with van der Waals surface area (Å²) in [6.07, 6.45) is 8.46. The molecule has 54 valence electrons. The van der Waals surface area contributed by atoms with Gasteiger partial charge in [0, 0.05) is 6.42 Å². The van der Waals surface area contributed by atoms with Crippen molar-refractivity contribution in [2.45, 2.75) is 26.2 Å². The Balaban J connectivity index is 2.61. The fraction of sp³-hybridized carbons (Fsp3) is 0.444. The molecular formula is C9H12O. The maximum absolute atomic E-state index is 10.7. The van der Waals surface area contributed by atoms with Crippen LogP contribution in [0.5, 0.6) is 0 Å². The molecule has 0 N–H and O–H groups in total. The van der Waals surface area contributed by atoms with Gasteiger partial charge in [0.05, 0.1) is 0 Å². The van der Waals surface area contributed by atoms with Gasteiger partial charge in [0.1, 0.15) is 0 Å². The number of carbonyl (C=O) groups excluding carboxylic acids is 1. The first kappa shape index (κ1) is 7.26. The van der Waals surface area contributed by atoms with Gasteiger partial charge in [0.25, 0.3) is 0 Å². The molecule has 0 saturated carbocycles. The van der Waals surface area contributed by atoms with Gasteiger partial charge < -0.3 is 0 Å². The molecule has 1 heteroatoms. The predicted octanol–water partition coefficient (Wildman–Crippen LogP) is 2.24. The summed E-state index contributed by atoms with van der Waals surface area (Å²) in [5, 5.41) is 0. The maximum atomic E-state index is 10.7. The Morgan fingerprint density at radius 2 is 2.30 bits per heavy atom. The van der Waals surface area contributed by atoms with Gasteiger partial charge in [0.15, 0.2) is 5.78 Å². The zero-order valence-electron chi connectivity index (χ0n) is 6.26. The molecule has 1 aliphatic rings. The standard InChI is InChI=1S/C9H12O/c1-2-3-8-4-6-9(10)7-5-8/h3-4,6H,2,5,7H2,1H3/b8-3+. The fourth-order valence-electron chi connectivity index (χ4n) is 1.07. The topological polar surface area (TPSA) is 17.1 Å². The molecule has 0 fully saturated rings. The van der Waals surface area contributed by atoms with Crippen LogP contribution in [0, 0.1) is 0 Å². The number of ketones is 1. The van der Waals surface area contributed by atoms with Gasteiger partial charge in [-0.2, -0.15) is 0 Å². The van der Waals surface area contributed by atoms with Crippen LogP contribution in [-0.4, -0.2) is 5.78 Å². The van der Waals surface area contributed by atoms with Gasteiger partial charge in [-0.15, -0.1) is 0 Å². The van der Waals surface area contributed by atoms with Crippen molar-refractivity contribution < 1.29 is 4.79 Å². The first-order chi connectivity index (χ1) is 4.83. The minimum atomic E-state index is 0.258. The second-order valence-electron chi connectivity index (χ2n) is 2.49. The van der Waals surface area contributed by atoms with Crippen LogP contribution < -0.4 is 0 Å². The first-order valence-electron chi connectivity index (χ1n) is 3.73. The highest BCUT2D eigenvalue weighted by molar-refractivity contribution is 5.91. The number of rotatable bonds is 1. The third-order valence-corrected chi connectivity index (χ3v) is 1.61. The van der Waals surface area contributed by atoms with Gasteiger partial charge in [-0.3, -0.25) is 4.79 Å². The molecule has 0 bridgehead atoms. The van der Waals surface area contributed by atoms with Crippen molar-refractivity contribution in [2.24, 2.45) is 0 Å². The minimum Gasteiger partial charge on any atom is -0.295 e. The van der Waals surface area contributed by atoms with E-state index in [-0.39, 0.29) is 5.78 Å². The molecule has 0 aromatic carbocycles. The molecule has 1 rings (SSSR count). The lowest BCUT2D eigenvalue weighted by atomic mass is 10.0. The van der Waals surface area contributed by atoms with E-state index in [1.54, 1.807) is 6.08 Å². The van der Waals surface area contributed by atoms with Gasteiger partial charge >= 0.3 is 0 Å². The molecule has 0 radical (unpaired) electrons. The van der Waals surface area contributed by atoms with Crippen molar-refractivity contribution >= 4 is 5.78 Å². The monoisotopic (exact) mass is 136 g/mol. The first-order valence-corrected chi connectivity index (χ1v) is 3.73. The average Bonchev–Trinajstić information content (AvgIpc) is 1.95. The van der Waals surface area contributed by atoms with Gasteiger partial charge in [-0.25, -0.2) is 0 Å². The smallest absolute Gasteiger partial charge is 0.156 e. The summed E-state index contributed by atoms with van der Waals surface area (Å²) < 4.78 is 0. The molecule has 0 unspecified atom stereocenters. The van der Waals surface area contributed by atoms with E-state index in [0.717, 1.165) is 12.8 Å². The Hall–Kier alpha value is -0.850. The quantitative estimate of drug-likeness (QED) is 0.540. The van der Waals surface area contributed by atoms with Crippen molar-refractivity contribution in [1.29, 1.82) is 0 Å². The van der Waals surface area contributed by atoms with Crippen LogP contribution in [0.3, 0.4) is 0 Å². The summed E-state index contributed by atoms with van der Waals surface area (Å²) in [5.74, 6) is 0.258. The highest BCUT2D eigenvalue weighted by atomic mass is 16.1. The molecule has 0 atom stereocenters. The van der Waals surface area contributed by atoms with Crippen LogP contribution in [0.2, 0.25) is 0 Å². The SMILES string of the molecule is CC/C=C1\C=CC(=O)CC1. The zero-order chi connectivity index (χ0) is 7.40. The van der Waals surface area contributed by atoms with Crippen molar-refractivity contribution in [3.63, 3.8) is 0 Å². The third kappa shape index (κ3) is 1.83. The number of hydrogen-bond donors (Lipinski definition) is 0. The number of carbonyl (C=O) groups is 1. The van der Waals surface area contributed by atoms with Crippen molar-refractivity contribution in [2.75, 3.05) is 0 Å². The van der Waals surface area contributed by atoms with Crippen LogP contribution >= 0.6 is 0 Å². The van der Waals surface area contributed by atoms with Crippen LogP contribution in [0.25, 0.3) is 0 Å². The average molecular weight is 136 g/mol. The second kappa shape index (κ2) is 3.35. The van der Waals surface area contributed by atoms with E-state index < -0.39 is 0 Å². The van der Waals surface area contributed by atoms with Crippen LogP contribution in [0.4, 0.5) is 0 Å². The molecule has 0 saturated heterocycles. The van der Waals surface area contributed by atoms with E-state index in [4.69, 9.17) is 0 Å². The molecule has 0 aromatic rings. The Bertz CT molecular complexity index is 187. The highest BCUT2D eigenvalue weighted by Crippen LogP contribution is 2.13. The Morgan fingerprint density at radius 1 is 1.50 bits per heavy atom. The Kier molecular flexibility index (Phi) is 2.43. The normalized spacial score (nSPS) is 22.1. The maximum Gasteiger partial charge on any atom is 0.156 e. The van der Waals surface area contributed by atoms with E-state index >= 15 is 0 Å². The third-order valence-electron chi connectivity index (χ3n) is 1.61. The lowest BCUT2D eigenvalue weighted by Crippen LogP contribution is -1.98. The second-order valence-corrected chi connectivity index (χ2v) is 2.49. The zero-order valence-corrected chi connectivity index (χ0v) is 6.26. The van der Waals surface area contributed by atoms with Crippen LogP contribution in [-0.2, 0) is 4.79 Å². The molecular weight excluding hydrogens is 124 g/mol. The summed E-state index contributed by atoms with van der Waals surface area (Å²) in [6, 6.07) is 0. The summed E-state index contributed by atoms with van der Waals surface area (Å²) in [6.45, 7) is 2.11. The Labute approximate surface area is 61.4 Å². The Morgan fingerprint density at radius 3 is 2.80 bits per heavy atom. The van der Waals surface area contributed by atoms with E-state index in [9.17, 15) is 4.79 Å². The van der Waals surface area contributed by atoms with Gasteiger partial charge in [0.2, 0.25) is 0 Å². The van der Waals surface area contributed by atoms with Crippen LogP contribution in [0.1, 0.15) is 26.2 Å². The summed E-state index contributed by atoms with van der Waals surface area (Å²) >= 11 is 0. The molecule has 0 aliphatic heterocycles. The largest absolute Gasteiger partial charge is 0.295 e. The van der Waals surface area contributed by atoms with E-state index in [2.05, 4.69) is 13.0 Å². The molecule has 10 heavy (non-hydrogen) atoms. The molecule has 1 nitrogen and oxygen atoms in total. The van der Waals surface area contributed by atoms with E-state index in [1.807, 2.05) is 6.08 Å². The molecule has 1 aliphatic carbocycles. The predicted molar refractivity (Wildman–Crippen MR) is 41.8 cm³/mol. The summed E-state index contributed by atoms with van der Waals surface area (Å²) in [7, 11) is 0. The molecule has 0 amide bonds. The van der Waals surface area contributed by atoms with Crippen molar-refractivity contribution in [3.8, 4) is 0 Å². The number of allylic oxidation sites excluding steroid dienone is 4. The van der Waals surface area contributed by atoms with Crippen LogP contribution in [0.15, 0.2) is 23.8 Å². The van der Waals surface area contributed by atoms with E-state index in [0.29, 0.717) is 6.42 Å². The molecule has 0 aromatic heterocycles. The summed E-state index contributed by atoms with van der Waals surface area (Å²) in [5.41, 5.74) is 1.31. The summed E-state index contributed by atoms with van der Waals surface area (Å²) in [4.78, 5) is 10.7. The van der Waals surface area contributed by atoms with Crippen molar-refractivity contribution in [1.82, 2.24) is 0 Å². The lowest BCUT2D eigenvalue weighted by molar-refractivity contribution is -0.114.